The number of urea groups is 1. The SMILES string of the molecule is CCOC(=O)NCCC(=O)N1CCC(NC(=O)Nc2ccccc2)CC1. The first kappa shape index (κ1) is 19.6. The van der Waals surface area contributed by atoms with Gasteiger partial charge in [-0.2, -0.15) is 0 Å². The first-order chi connectivity index (χ1) is 12.6. The van der Waals surface area contributed by atoms with Gasteiger partial charge in [0.15, 0.2) is 0 Å². The summed E-state index contributed by atoms with van der Waals surface area (Å²) in [6.07, 6.45) is 1.15. The number of alkyl carbamates (subject to hydrolysis) is 1. The highest BCUT2D eigenvalue weighted by molar-refractivity contribution is 5.89. The van der Waals surface area contributed by atoms with Crippen LogP contribution in [0, 0.1) is 0 Å². The number of likely N-dealkylation sites (tertiary alicyclic amines) is 1. The Morgan fingerprint density at radius 3 is 2.50 bits per heavy atom. The van der Waals surface area contributed by atoms with Crippen LogP contribution < -0.4 is 16.0 Å². The van der Waals surface area contributed by atoms with Gasteiger partial charge in [0.25, 0.3) is 0 Å². The van der Waals surface area contributed by atoms with E-state index < -0.39 is 6.09 Å². The van der Waals surface area contributed by atoms with Crippen molar-refractivity contribution in [1.82, 2.24) is 15.5 Å². The Hall–Kier alpha value is -2.77. The van der Waals surface area contributed by atoms with E-state index in [0.29, 0.717) is 32.5 Å². The fourth-order valence-corrected chi connectivity index (χ4v) is 2.76. The summed E-state index contributed by atoms with van der Waals surface area (Å²) in [5.41, 5.74) is 0.742. The quantitative estimate of drug-likeness (QED) is 0.720. The molecule has 1 aromatic carbocycles. The van der Waals surface area contributed by atoms with E-state index in [9.17, 15) is 14.4 Å². The minimum absolute atomic E-state index is 0.00557. The van der Waals surface area contributed by atoms with Crippen molar-refractivity contribution in [3.05, 3.63) is 30.3 Å². The Labute approximate surface area is 153 Å². The van der Waals surface area contributed by atoms with E-state index in [2.05, 4.69) is 16.0 Å². The molecule has 0 radical (unpaired) electrons. The Kier molecular flexibility index (Phi) is 7.73. The molecule has 1 aliphatic rings. The Morgan fingerprint density at radius 1 is 1.15 bits per heavy atom. The lowest BCUT2D eigenvalue weighted by molar-refractivity contribution is -0.132. The number of benzene rings is 1. The van der Waals surface area contributed by atoms with E-state index >= 15 is 0 Å². The number of ether oxygens (including phenoxy) is 1. The highest BCUT2D eigenvalue weighted by Crippen LogP contribution is 2.12. The second-order valence-corrected chi connectivity index (χ2v) is 6.02. The average Bonchev–Trinajstić information content (AvgIpc) is 2.63. The topological polar surface area (TPSA) is 99.8 Å². The third-order valence-electron chi connectivity index (χ3n) is 4.10. The molecule has 4 amide bonds. The lowest BCUT2D eigenvalue weighted by atomic mass is 10.0. The van der Waals surface area contributed by atoms with Crippen molar-refractivity contribution in [1.29, 1.82) is 0 Å². The lowest BCUT2D eigenvalue weighted by Crippen LogP contribution is -2.48. The van der Waals surface area contributed by atoms with E-state index in [1.807, 2.05) is 30.3 Å². The van der Waals surface area contributed by atoms with Crippen LogP contribution in [0.1, 0.15) is 26.2 Å². The standard InChI is InChI=1S/C18H26N4O4/c1-2-26-18(25)19-11-8-16(23)22-12-9-15(10-13-22)21-17(24)20-14-6-4-3-5-7-14/h3-7,15H,2,8-13H2,1H3,(H,19,25)(H2,20,21,24). The number of carbonyl (C=O) groups excluding carboxylic acids is 3. The molecule has 1 aliphatic heterocycles. The molecule has 0 aromatic heterocycles. The predicted molar refractivity (Wildman–Crippen MR) is 97.8 cm³/mol. The van der Waals surface area contributed by atoms with Gasteiger partial charge < -0.3 is 25.6 Å². The number of nitrogens with one attached hydrogen (secondary N) is 3. The van der Waals surface area contributed by atoms with Gasteiger partial charge in [-0.15, -0.1) is 0 Å². The van der Waals surface area contributed by atoms with Crippen LogP contribution in [0.15, 0.2) is 30.3 Å². The van der Waals surface area contributed by atoms with Crippen molar-refractivity contribution in [2.75, 3.05) is 31.6 Å². The normalized spacial score (nSPS) is 14.4. The maximum Gasteiger partial charge on any atom is 0.407 e. The Morgan fingerprint density at radius 2 is 1.85 bits per heavy atom. The number of nitrogens with zero attached hydrogens (tertiary/aromatic N) is 1. The summed E-state index contributed by atoms with van der Waals surface area (Å²) in [5.74, 6) is -0.00557. The summed E-state index contributed by atoms with van der Waals surface area (Å²) in [6, 6.07) is 9.06. The zero-order chi connectivity index (χ0) is 18.8. The molecule has 1 heterocycles. The highest BCUT2D eigenvalue weighted by Gasteiger charge is 2.23. The molecule has 26 heavy (non-hydrogen) atoms. The molecule has 1 fully saturated rings. The van der Waals surface area contributed by atoms with Gasteiger partial charge in [0, 0.05) is 37.8 Å². The van der Waals surface area contributed by atoms with Crippen LogP contribution in [-0.4, -0.2) is 55.2 Å². The highest BCUT2D eigenvalue weighted by atomic mass is 16.5. The molecule has 0 bridgehead atoms. The van der Waals surface area contributed by atoms with Crippen LogP contribution >= 0.6 is 0 Å². The zero-order valence-electron chi connectivity index (χ0n) is 15.0. The summed E-state index contributed by atoms with van der Waals surface area (Å²) >= 11 is 0. The van der Waals surface area contributed by atoms with Gasteiger partial charge in [-0.3, -0.25) is 4.79 Å². The molecule has 0 spiro atoms. The molecular weight excluding hydrogens is 336 g/mol. The third kappa shape index (κ3) is 6.62. The van der Waals surface area contributed by atoms with E-state index in [-0.39, 0.29) is 30.9 Å². The van der Waals surface area contributed by atoms with Gasteiger partial charge in [-0.25, -0.2) is 9.59 Å². The molecular formula is C18H26N4O4. The Bertz CT molecular complexity index is 600. The molecule has 0 saturated carbocycles. The van der Waals surface area contributed by atoms with Crippen molar-refractivity contribution in [3.63, 3.8) is 0 Å². The molecule has 0 aliphatic carbocycles. The summed E-state index contributed by atoms with van der Waals surface area (Å²) < 4.78 is 4.74. The second kappa shape index (κ2) is 10.3. The molecule has 8 nitrogen and oxygen atoms in total. The van der Waals surface area contributed by atoms with Crippen LogP contribution in [0.3, 0.4) is 0 Å². The molecule has 2 rings (SSSR count). The largest absolute Gasteiger partial charge is 0.450 e. The number of rotatable bonds is 6. The predicted octanol–water partition coefficient (Wildman–Crippen LogP) is 1.94. The van der Waals surface area contributed by atoms with E-state index in [1.54, 1.807) is 11.8 Å². The number of amides is 4. The van der Waals surface area contributed by atoms with Crippen molar-refractivity contribution in [2.24, 2.45) is 0 Å². The van der Waals surface area contributed by atoms with Crippen LogP contribution in [0.5, 0.6) is 0 Å². The molecule has 0 unspecified atom stereocenters. The zero-order valence-corrected chi connectivity index (χ0v) is 15.0. The summed E-state index contributed by atoms with van der Waals surface area (Å²) in [4.78, 5) is 37.1. The first-order valence-corrected chi connectivity index (χ1v) is 8.89. The van der Waals surface area contributed by atoms with Crippen molar-refractivity contribution in [2.45, 2.75) is 32.2 Å². The molecule has 0 atom stereocenters. The fourth-order valence-electron chi connectivity index (χ4n) is 2.76. The third-order valence-corrected chi connectivity index (χ3v) is 4.10. The van der Waals surface area contributed by atoms with E-state index in [4.69, 9.17) is 4.74 Å². The second-order valence-electron chi connectivity index (χ2n) is 6.02. The van der Waals surface area contributed by atoms with Crippen LogP contribution in [0.2, 0.25) is 0 Å². The molecule has 1 saturated heterocycles. The number of para-hydroxylation sites is 1. The molecule has 1 aromatic rings. The van der Waals surface area contributed by atoms with E-state index in [0.717, 1.165) is 5.69 Å². The smallest absolute Gasteiger partial charge is 0.407 e. The van der Waals surface area contributed by atoms with Gasteiger partial charge >= 0.3 is 12.1 Å². The van der Waals surface area contributed by atoms with Gasteiger partial charge in [0.1, 0.15) is 0 Å². The summed E-state index contributed by atoms with van der Waals surface area (Å²) in [6.45, 7) is 3.47. The van der Waals surface area contributed by atoms with Gasteiger partial charge in [0.05, 0.1) is 6.61 Å². The van der Waals surface area contributed by atoms with Crippen LogP contribution in [0.25, 0.3) is 0 Å². The van der Waals surface area contributed by atoms with Crippen molar-refractivity contribution >= 4 is 23.7 Å². The van der Waals surface area contributed by atoms with Crippen LogP contribution in [0.4, 0.5) is 15.3 Å². The number of piperidine rings is 1. The number of carbonyl (C=O) groups is 3. The van der Waals surface area contributed by atoms with Gasteiger partial charge in [-0.1, -0.05) is 18.2 Å². The minimum atomic E-state index is -0.507. The molecule has 3 N–H and O–H groups in total. The summed E-state index contributed by atoms with van der Waals surface area (Å²) in [5, 5.41) is 8.26. The number of anilines is 1. The van der Waals surface area contributed by atoms with Crippen molar-refractivity contribution < 1.29 is 19.1 Å². The first-order valence-electron chi connectivity index (χ1n) is 8.89. The fraction of sp³-hybridized carbons (Fsp3) is 0.500. The molecule has 142 valence electrons. The van der Waals surface area contributed by atoms with Gasteiger partial charge in [0.2, 0.25) is 5.91 Å². The average molecular weight is 362 g/mol. The monoisotopic (exact) mass is 362 g/mol. The van der Waals surface area contributed by atoms with Crippen LogP contribution in [-0.2, 0) is 9.53 Å². The Balaban J connectivity index is 1.64. The minimum Gasteiger partial charge on any atom is -0.450 e. The van der Waals surface area contributed by atoms with Gasteiger partial charge in [-0.05, 0) is 31.9 Å². The number of hydrogen-bond donors (Lipinski definition) is 3. The van der Waals surface area contributed by atoms with Crippen molar-refractivity contribution in [3.8, 4) is 0 Å². The molecule has 8 heteroatoms. The maximum absolute atomic E-state index is 12.1. The number of hydrogen-bond acceptors (Lipinski definition) is 4. The summed E-state index contributed by atoms with van der Waals surface area (Å²) in [7, 11) is 0. The van der Waals surface area contributed by atoms with E-state index in [1.165, 1.54) is 0 Å². The maximum atomic E-state index is 12.1. The lowest BCUT2D eigenvalue weighted by Gasteiger charge is -2.32.